The number of nitrogens with zero attached hydrogens (tertiary/aromatic N) is 1. The Bertz CT molecular complexity index is 422. The highest BCUT2D eigenvalue weighted by molar-refractivity contribution is 5.82. The third kappa shape index (κ3) is 3.07. The zero-order valence-corrected chi connectivity index (χ0v) is 10.7. The Kier molecular flexibility index (Phi) is 4.31. The van der Waals surface area contributed by atoms with Crippen LogP contribution in [0.2, 0.25) is 0 Å². The number of likely N-dealkylation sites (tertiary alicyclic amines) is 1. The van der Waals surface area contributed by atoms with E-state index in [4.69, 9.17) is 0 Å². The molecule has 1 atom stereocenters. The predicted molar refractivity (Wildman–Crippen MR) is 68.8 cm³/mol. The lowest BCUT2D eigenvalue weighted by Crippen LogP contribution is -2.50. The molecule has 98 valence electrons. The molecule has 0 aliphatic carbocycles. The van der Waals surface area contributed by atoms with Crippen LogP contribution in [-0.4, -0.2) is 37.0 Å². The molecule has 1 aromatic rings. The molecule has 1 N–H and O–H groups in total. The molecule has 0 spiro atoms. The normalized spacial score (nSPS) is 20.2. The minimum absolute atomic E-state index is 0.0498. The van der Waals surface area contributed by atoms with E-state index in [-0.39, 0.29) is 17.8 Å². The maximum atomic E-state index is 13.0. The molecule has 2 rings (SSSR count). The molecule has 0 radical (unpaired) electrons. The Morgan fingerprint density at radius 1 is 1.50 bits per heavy atom. The van der Waals surface area contributed by atoms with Crippen molar-refractivity contribution in [2.75, 3.05) is 20.1 Å². The number of amides is 1. The average Bonchev–Trinajstić information content (AvgIpc) is 2.38. The van der Waals surface area contributed by atoms with Crippen molar-refractivity contribution >= 4 is 5.91 Å². The van der Waals surface area contributed by atoms with Crippen molar-refractivity contribution in [3.05, 3.63) is 35.6 Å². The van der Waals surface area contributed by atoms with Crippen LogP contribution < -0.4 is 5.32 Å². The van der Waals surface area contributed by atoms with E-state index in [9.17, 15) is 9.18 Å². The van der Waals surface area contributed by atoms with E-state index in [0.717, 1.165) is 24.9 Å². The number of nitrogens with one attached hydrogen (secondary N) is 1. The Labute approximate surface area is 107 Å². The van der Waals surface area contributed by atoms with Gasteiger partial charge in [0.2, 0.25) is 5.91 Å². The third-order valence-corrected chi connectivity index (χ3v) is 3.44. The van der Waals surface area contributed by atoms with E-state index in [1.165, 1.54) is 12.1 Å². The van der Waals surface area contributed by atoms with Crippen LogP contribution in [-0.2, 0) is 11.2 Å². The van der Waals surface area contributed by atoms with E-state index < -0.39 is 0 Å². The maximum Gasteiger partial charge on any atom is 0.239 e. The molecule has 0 saturated carbocycles. The highest BCUT2D eigenvalue weighted by atomic mass is 19.1. The van der Waals surface area contributed by atoms with Crippen LogP contribution in [0.15, 0.2) is 24.3 Å². The molecule has 1 fully saturated rings. The third-order valence-electron chi connectivity index (χ3n) is 3.44. The van der Waals surface area contributed by atoms with Gasteiger partial charge in [-0.05, 0) is 44.0 Å². The smallest absolute Gasteiger partial charge is 0.239 e. The number of likely N-dealkylation sites (N-methyl/N-ethyl adjacent to an activating group) is 1. The monoisotopic (exact) mass is 250 g/mol. The van der Waals surface area contributed by atoms with Gasteiger partial charge in [0.25, 0.3) is 0 Å². The van der Waals surface area contributed by atoms with Crippen LogP contribution in [0.4, 0.5) is 4.39 Å². The fraction of sp³-hybridized carbons (Fsp3) is 0.500. The number of carbonyl (C=O) groups excluding carboxylic acids is 1. The number of halogens is 1. The minimum Gasteiger partial charge on any atom is -0.341 e. The van der Waals surface area contributed by atoms with Crippen molar-refractivity contribution in [1.29, 1.82) is 0 Å². The summed E-state index contributed by atoms with van der Waals surface area (Å²) in [7, 11) is 1.82. The molecule has 1 saturated heterocycles. The van der Waals surface area contributed by atoms with E-state index >= 15 is 0 Å². The van der Waals surface area contributed by atoms with Crippen molar-refractivity contribution in [3.8, 4) is 0 Å². The van der Waals surface area contributed by atoms with E-state index in [2.05, 4.69) is 5.32 Å². The Hall–Kier alpha value is -1.42. The van der Waals surface area contributed by atoms with Gasteiger partial charge in [0, 0.05) is 13.1 Å². The summed E-state index contributed by atoms with van der Waals surface area (Å²) >= 11 is 0. The van der Waals surface area contributed by atoms with Gasteiger partial charge < -0.3 is 10.2 Å². The lowest BCUT2D eigenvalue weighted by atomic mass is 10.0. The van der Waals surface area contributed by atoms with Gasteiger partial charge >= 0.3 is 0 Å². The molecule has 0 aromatic heterocycles. The number of hydrogen-bond donors (Lipinski definition) is 1. The maximum absolute atomic E-state index is 13.0. The first kappa shape index (κ1) is 13.0. The molecule has 1 aliphatic rings. The fourth-order valence-electron chi connectivity index (χ4n) is 2.39. The van der Waals surface area contributed by atoms with E-state index in [1.807, 2.05) is 18.0 Å². The summed E-state index contributed by atoms with van der Waals surface area (Å²) in [4.78, 5) is 13.9. The van der Waals surface area contributed by atoms with Crippen LogP contribution in [0.1, 0.15) is 18.4 Å². The Morgan fingerprint density at radius 2 is 2.33 bits per heavy atom. The summed E-state index contributed by atoms with van der Waals surface area (Å²) in [5.74, 6) is -0.0503. The summed E-state index contributed by atoms with van der Waals surface area (Å²) < 4.78 is 13.0. The fourth-order valence-corrected chi connectivity index (χ4v) is 2.39. The van der Waals surface area contributed by atoms with Crippen LogP contribution in [0.3, 0.4) is 0 Å². The van der Waals surface area contributed by atoms with Gasteiger partial charge in [0.05, 0.1) is 6.04 Å². The number of rotatable bonds is 4. The lowest BCUT2D eigenvalue weighted by Gasteiger charge is -2.32. The van der Waals surface area contributed by atoms with Crippen molar-refractivity contribution in [2.45, 2.75) is 25.3 Å². The second kappa shape index (κ2) is 5.96. The lowest BCUT2D eigenvalue weighted by molar-refractivity contribution is -0.135. The van der Waals surface area contributed by atoms with Crippen molar-refractivity contribution in [2.24, 2.45) is 0 Å². The Balaban J connectivity index is 1.91. The molecule has 1 aromatic carbocycles. The molecule has 1 aliphatic heterocycles. The number of hydrogen-bond acceptors (Lipinski definition) is 2. The summed E-state index contributed by atoms with van der Waals surface area (Å²) in [5.41, 5.74) is 0.939. The first-order valence-electron chi connectivity index (χ1n) is 6.41. The highest BCUT2D eigenvalue weighted by Crippen LogP contribution is 2.13. The van der Waals surface area contributed by atoms with Crippen LogP contribution in [0.5, 0.6) is 0 Å². The molecule has 1 amide bonds. The standard InChI is InChI=1S/C14H19FN2O/c1-16-13-6-3-8-17(14(13)18)9-7-11-4-2-5-12(15)10-11/h2,4-5,10,13,16H,3,6-9H2,1H3. The van der Waals surface area contributed by atoms with Crippen LogP contribution in [0.25, 0.3) is 0 Å². The second-order valence-electron chi connectivity index (χ2n) is 4.69. The summed E-state index contributed by atoms with van der Waals surface area (Å²) in [6, 6.07) is 6.52. The van der Waals surface area contributed by atoms with Crippen molar-refractivity contribution in [3.63, 3.8) is 0 Å². The van der Waals surface area contributed by atoms with Gasteiger partial charge in [0.1, 0.15) is 5.82 Å². The molecule has 1 unspecified atom stereocenters. The number of benzene rings is 1. The number of carbonyl (C=O) groups is 1. The predicted octanol–water partition coefficient (Wildman–Crippen LogP) is 1.58. The molecular formula is C14H19FN2O. The van der Waals surface area contributed by atoms with Gasteiger partial charge in [-0.2, -0.15) is 0 Å². The minimum atomic E-state index is -0.217. The number of piperidine rings is 1. The molecule has 18 heavy (non-hydrogen) atoms. The molecule has 3 nitrogen and oxygen atoms in total. The van der Waals surface area contributed by atoms with Crippen molar-refractivity contribution in [1.82, 2.24) is 10.2 Å². The van der Waals surface area contributed by atoms with Gasteiger partial charge in [-0.1, -0.05) is 12.1 Å². The first-order chi connectivity index (χ1) is 8.70. The molecular weight excluding hydrogens is 231 g/mol. The van der Waals surface area contributed by atoms with Gasteiger partial charge in [-0.3, -0.25) is 4.79 Å². The average molecular weight is 250 g/mol. The zero-order valence-electron chi connectivity index (χ0n) is 10.7. The summed E-state index contributed by atoms with van der Waals surface area (Å²) in [6.45, 7) is 1.48. The van der Waals surface area contributed by atoms with Crippen LogP contribution in [0, 0.1) is 5.82 Å². The zero-order chi connectivity index (χ0) is 13.0. The SMILES string of the molecule is CNC1CCCN(CCc2cccc(F)c2)C1=O. The molecule has 0 bridgehead atoms. The summed E-state index contributed by atoms with van der Waals surface area (Å²) in [5, 5.41) is 3.04. The molecule has 1 heterocycles. The topological polar surface area (TPSA) is 32.3 Å². The van der Waals surface area contributed by atoms with Crippen LogP contribution >= 0.6 is 0 Å². The quantitative estimate of drug-likeness (QED) is 0.880. The Morgan fingerprint density at radius 3 is 3.06 bits per heavy atom. The highest BCUT2D eigenvalue weighted by Gasteiger charge is 2.26. The largest absolute Gasteiger partial charge is 0.341 e. The van der Waals surface area contributed by atoms with E-state index in [1.54, 1.807) is 6.07 Å². The second-order valence-corrected chi connectivity index (χ2v) is 4.69. The summed E-state index contributed by atoms with van der Waals surface area (Å²) in [6.07, 6.45) is 2.64. The van der Waals surface area contributed by atoms with Crippen molar-refractivity contribution < 1.29 is 9.18 Å². The van der Waals surface area contributed by atoms with Gasteiger partial charge in [0.15, 0.2) is 0 Å². The molecule has 4 heteroatoms. The van der Waals surface area contributed by atoms with Gasteiger partial charge in [-0.15, -0.1) is 0 Å². The first-order valence-corrected chi connectivity index (χ1v) is 6.41. The van der Waals surface area contributed by atoms with Gasteiger partial charge in [-0.25, -0.2) is 4.39 Å². The van der Waals surface area contributed by atoms with E-state index in [0.29, 0.717) is 13.0 Å².